The van der Waals surface area contributed by atoms with Gasteiger partial charge in [0, 0.05) is 12.1 Å². The molecule has 0 amide bonds. The highest BCUT2D eigenvalue weighted by atomic mass is 16.6. The zero-order valence-electron chi connectivity index (χ0n) is 11.9. The fraction of sp³-hybridized carbons (Fsp3) is 0.357. The molecular formula is C14H16N4O3. The molecule has 0 saturated carbocycles. The largest absolute Gasteiger partial charge is 0.486 e. The second-order valence-electron chi connectivity index (χ2n) is 4.36. The van der Waals surface area contributed by atoms with E-state index >= 15 is 0 Å². The summed E-state index contributed by atoms with van der Waals surface area (Å²) in [5.74, 6) is 2.44. The van der Waals surface area contributed by atoms with Gasteiger partial charge in [0.05, 0.1) is 7.11 Å². The van der Waals surface area contributed by atoms with E-state index in [1.165, 1.54) is 7.11 Å². The molecule has 0 aliphatic carbocycles. The van der Waals surface area contributed by atoms with E-state index in [9.17, 15) is 0 Å². The van der Waals surface area contributed by atoms with Crippen molar-refractivity contribution in [1.82, 2.24) is 15.0 Å². The summed E-state index contributed by atoms with van der Waals surface area (Å²) >= 11 is 0. The maximum atomic E-state index is 5.58. The number of nitrogens with one attached hydrogen (secondary N) is 1. The molecule has 1 aliphatic rings. The van der Waals surface area contributed by atoms with Gasteiger partial charge in [0.1, 0.15) is 13.2 Å². The van der Waals surface area contributed by atoms with Crippen LogP contribution in [0.4, 0.5) is 5.95 Å². The van der Waals surface area contributed by atoms with Crippen LogP contribution in [0, 0.1) is 0 Å². The fourth-order valence-electron chi connectivity index (χ4n) is 2.00. The Kier molecular flexibility index (Phi) is 3.72. The van der Waals surface area contributed by atoms with Crippen molar-refractivity contribution < 1.29 is 14.2 Å². The lowest BCUT2D eigenvalue weighted by atomic mass is 10.2. The van der Waals surface area contributed by atoms with Crippen molar-refractivity contribution in [3.05, 3.63) is 18.2 Å². The first-order chi connectivity index (χ1) is 10.3. The Morgan fingerprint density at radius 3 is 2.71 bits per heavy atom. The lowest BCUT2D eigenvalue weighted by Gasteiger charge is -2.18. The van der Waals surface area contributed by atoms with Crippen molar-refractivity contribution in [2.75, 3.05) is 32.2 Å². The molecule has 0 bridgehead atoms. The van der Waals surface area contributed by atoms with Crippen LogP contribution in [0.5, 0.6) is 17.5 Å². The summed E-state index contributed by atoms with van der Waals surface area (Å²) in [5.41, 5.74) is 0.819. The summed E-state index contributed by atoms with van der Waals surface area (Å²) in [4.78, 5) is 12.8. The van der Waals surface area contributed by atoms with Crippen molar-refractivity contribution in [2.45, 2.75) is 6.92 Å². The summed E-state index contributed by atoms with van der Waals surface area (Å²) in [6.45, 7) is 3.80. The highest BCUT2D eigenvalue weighted by Crippen LogP contribution is 2.33. The van der Waals surface area contributed by atoms with Gasteiger partial charge in [-0.15, -0.1) is 0 Å². The summed E-state index contributed by atoms with van der Waals surface area (Å²) in [6.07, 6.45) is 0. The van der Waals surface area contributed by atoms with Crippen molar-refractivity contribution >= 4 is 5.95 Å². The van der Waals surface area contributed by atoms with Gasteiger partial charge in [0.25, 0.3) is 0 Å². The molecule has 0 unspecified atom stereocenters. The van der Waals surface area contributed by atoms with Gasteiger partial charge in [-0.05, 0) is 25.1 Å². The summed E-state index contributed by atoms with van der Waals surface area (Å²) in [6, 6.07) is 5.87. The van der Waals surface area contributed by atoms with Crippen LogP contribution in [0.15, 0.2) is 18.2 Å². The zero-order chi connectivity index (χ0) is 14.7. The number of hydrogen-bond acceptors (Lipinski definition) is 7. The second-order valence-corrected chi connectivity index (χ2v) is 4.36. The Bertz CT molecular complexity index is 648. The van der Waals surface area contributed by atoms with Crippen LogP contribution >= 0.6 is 0 Å². The number of nitrogens with zero attached hydrogens (tertiary/aromatic N) is 3. The van der Waals surface area contributed by atoms with Gasteiger partial charge in [-0.3, -0.25) is 0 Å². The van der Waals surface area contributed by atoms with E-state index in [1.807, 2.05) is 25.1 Å². The molecule has 0 saturated heterocycles. The van der Waals surface area contributed by atoms with Crippen molar-refractivity contribution in [3.8, 4) is 28.9 Å². The molecule has 7 heteroatoms. The lowest BCUT2D eigenvalue weighted by Crippen LogP contribution is -2.15. The first kappa shape index (κ1) is 13.4. The van der Waals surface area contributed by atoms with Gasteiger partial charge in [-0.2, -0.15) is 15.0 Å². The maximum Gasteiger partial charge on any atom is 0.321 e. The highest BCUT2D eigenvalue weighted by molar-refractivity contribution is 5.62. The van der Waals surface area contributed by atoms with E-state index in [2.05, 4.69) is 20.3 Å². The minimum absolute atomic E-state index is 0.269. The van der Waals surface area contributed by atoms with Crippen LogP contribution < -0.4 is 19.5 Å². The fourth-order valence-corrected chi connectivity index (χ4v) is 2.00. The molecule has 1 N–H and O–H groups in total. The van der Waals surface area contributed by atoms with Crippen molar-refractivity contribution in [3.63, 3.8) is 0 Å². The molecule has 21 heavy (non-hydrogen) atoms. The maximum absolute atomic E-state index is 5.58. The van der Waals surface area contributed by atoms with Crippen LogP contribution in [0.1, 0.15) is 6.92 Å². The van der Waals surface area contributed by atoms with E-state index in [0.717, 1.165) is 11.3 Å². The Morgan fingerprint density at radius 1 is 1.14 bits per heavy atom. The minimum atomic E-state index is 0.269. The van der Waals surface area contributed by atoms with Crippen LogP contribution in [0.25, 0.3) is 11.4 Å². The van der Waals surface area contributed by atoms with E-state index in [1.54, 1.807) is 0 Å². The first-order valence-electron chi connectivity index (χ1n) is 6.74. The average molecular weight is 288 g/mol. The summed E-state index contributed by atoms with van der Waals surface area (Å²) in [5, 5.41) is 3.06. The van der Waals surface area contributed by atoms with Gasteiger partial charge >= 0.3 is 6.01 Å². The smallest absolute Gasteiger partial charge is 0.321 e. The van der Waals surface area contributed by atoms with Gasteiger partial charge < -0.3 is 19.5 Å². The normalized spacial score (nSPS) is 12.9. The Balaban J connectivity index is 2.00. The third-order valence-corrected chi connectivity index (χ3v) is 2.93. The highest BCUT2D eigenvalue weighted by Gasteiger charge is 2.15. The quantitative estimate of drug-likeness (QED) is 0.918. The summed E-state index contributed by atoms with van der Waals surface area (Å²) in [7, 11) is 1.53. The topological polar surface area (TPSA) is 78.4 Å². The van der Waals surface area contributed by atoms with E-state index in [4.69, 9.17) is 14.2 Å². The number of methoxy groups -OCH3 is 1. The molecule has 1 aromatic carbocycles. The molecule has 0 atom stereocenters. The Morgan fingerprint density at radius 2 is 1.95 bits per heavy atom. The third-order valence-electron chi connectivity index (χ3n) is 2.93. The molecule has 1 aromatic heterocycles. The monoisotopic (exact) mass is 288 g/mol. The van der Waals surface area contributed by atoms with E-state index in [0.29, 0.717) is 37.3 Å². The standard InChI is InChI=1S/C14H16N4O3/c1-3-15-13-16-12(17-14(18-13)19-2)9-4-5-10-11(8-9)21-7-6-20-10/h4-5,8H,3,6-7H2,1-2H3,(H,15,16,17,18). The molecule has 2 heterocycles. The Labute approximate surface area is 122 Å². The third kappa shape index (κ3) is 2.81. The average Bonchev–Trinajstić information content (AvgIpc) is 2.54. The van der Waals surface area contributed by atoms with E-state index in [-0.39, 0.29) is 6.01 Å². The van der Waals surface area contributed by atoms with Crippen molar-refractivity contribution in [2.24, 2.45) is 0 Å². The van der Waals surface area contributed by atoms with Crippen LogP contribution in [0.2, 0.25) is 0 Å². The number of hydrogen-bond donors (Lipinski definition) is 1. The van der Waals surface area contributed by atoms with Crippen LogP contribution in [-0.4, -0.2) is 41.8 Å². The molecule has 2 aromatic rings. The molecule has 7 nitrogen and oxygen atoms in total. The Hall–Kier alpha value is -2.57. The van der Waals surface area contributed by atoms with Crippen molar-refractivity contribution in [1.29, 1.82) is 0 Å². The van der Waals surface area contributed by atoms with E-state index < -0.39 is 0 Å². The zero-order valence-corrected chi connectivity index (χ0v) is 11.9. The number of aromatic nitrogens is 3. The molecule has 110 valence electrons. The van der Waals surface area contributed by atoms with Crippen LogP contribution in [-0.2, 0) is 0 Å². The van der Waals surface area contributed by atoms with Gasteiger partial charge in [-0.1, -0.05) is 0 Å². The SMILES string of the molecule is CCNc1nc(OC)nc(-c2ccc3c(c2)OCCO3)n1. The predicted octanol–water partition coefficient (Wildman–Crippen LogP) is 1.75. The number of ether oxygens (including phenoxy) is 3. The lowest BCUT2D eigenvalue weighted by molar-refractivity contribution is 0.171. The molecule has 0 spiro atoms. The molecule has 0 fully saturated rings. The number of anilines is 1. The summed E-state index contributed by atoms with van der Waals surface area (Å²) < 4.78 is 16.2. The number of rotatable bonds is 4. The van der Waals surface area contributed by atoms with Gasteiger partial charge in [0.15, 0.2) is 17.3 Å². The minimum Gasteiger partial charge on any atom is -0.486 e. The van der Waals surface area contributed by atoms with Gasteiger partial charge in [0.2, 0.25) is 5.95 Å². The molecular weight excluding hydrogens is 272 g/mol. The molecule has 1 aliphatic heterocycles. The number of benzene rings is 1. The second kappa shape index (κ2) is 5.82. The predicted molar refractivity (Wildman–Crippen MR) is 77.0 cm³/mol. The first-order valence-corrected chi connectivity index (χ1v) is 6.74. The van der Waals surface area contributed by atoms with Gasteiger partial charge in [-0.25, -0.2) is 0 Å². The molecule has 0 radical (unpaired) electrons. The molecule has 3 rings (SSSR count). The number of fused-ring (bicyclic) bond motifs is 1. The van der Waals surface area contributed by atoms with Crippen LogP contribution in [0.3, 0.4) is 0 Å².